The van der Waals surface area contributed by atoms with Gasteiger partial charge in [-0.15, -0.1) is 11.3 Å². The maximum absolute atomic E-state index is 14.0. The number of likely N-dealkylation sites (N-methyl/N-ethyl adjacent to an activating group) is 1. The van der Waals surface area contributed by atoms with Crippen LogP contribution in [0.2, 0.25) is 5.02 Å². The van der Waals surface area contributed by atoms with E-state index < -0.39 is 0 Å². The first kappa shape index (κ1) is 16.4. The SMILES string of the molecule is CNC(Cc1nc(C(C)(C)C)cs1)c1c(F)cccc1Cl. The predicted octanol–water partition coefficient (Wildman–Crippen LogP) is 4.74. The molecule has 0 fully saturated rings. The van der Waals surface area contributed by atoms with Gasteiger partial charge in [0, 0.05) is 33.8 Å². The zero-order valence-electron chi connectivity index (χ0n) is 12.7. The molecule has 0 aliphatic carbocycles. The minimum Gasteiger partial charge on any atom is -0.313 e. The number of nitrogens with zero attached hydrogens (tertiary/aromatic N) is 1. The van der Waals surface area contributed by atoms with E-state index in [1.807, 2.05) is 7.05 Å². The molecule has 1 aromatic carbocycles. The lowest BCUT2D eigenvalue weighted by molar-refractivity contribution is 0.529. The Morgan fingerprint density at radius 1 is 1.38 bits per heavy atom. The minimum atomic E-state index is -0.283. The van der Waals surface area contributed by atoms with E-state index >= 15 is 0 Å². The fourth-order valence-electron chi connectivity index (χ4n) is 2.12. The Bertz CT molecular complexity index is 599. The molecule has 2 nitrogen and oxygen atoms in total. The molecule has 0 saturated carbocycles. The van der Waals surface area contributed by atoms with Gasteiger partial charge in [0.05, 0.1) is 10.7 Å². The van der Waals surface area contributed by atoms with Crippen molar-refractivity contribution in [1.29, 1.82) is 0 Å². The maximum atomic E-state index is 14.0. The summed E-state index contributed by atoms with van der Waals surface area (Å²) >= 11 is 7.76. The molecule has 0 saturated heterocycles. The van der Waals surface area contributed by atoms with E-state index in [1.165, 1.54) is 6.07 Å². The number of benzene rings is 1. The highest BCUT2D eigenvalue weighted by Gasteiger charge is 2.22. The van der Waals surface area contributed by atoms with Crippen molar-refractivity contribution >= 4 is 22.9 Å². The molecular weight excluding hydrogens is 307 g/mol. The second-order valence-corrected chi connectivity index (χ2v) is 7.41. The lowest BCUT2D eigenvalue weighted by Crippen LogP contribution is -2.21. The van der Waals surface area contributed by atoms with Crippen LogP contribution in [-0.4, -0.2) is 12.0 Å². The van der Waals surface area contributed by atoms with Crippen LogP contribution in [0.5, 0.6) is 0 Å². The van der Waals surface area contributed by atoms with Gasteiger partial charge in [0.25, 0.3) is 0 Å². The molecule has 0 spiro atoms. The van der Waals surface area contributed by atoms with E-state index in [4.69, 9.17) is 11.6 Å². The Labute approximate surface area is 134 Å². The summed E-state index contributed by atoms with van der Waals surface area (Å²) in [5, 5.41) is 6.64. The second kappa shape index (κ2) is 6.42. The van der Waals surface area contributed by atoms with Crippen molar-refractivity contribution in [3.05, 3.63) is 50.7 Å². The number of halogens is 2. The fourth-order valence-corrected chi connectivity index (χ4v) is 3.48. The van der Waals surface area contributed by atoms with Gasteiger partial charge in [0.2, 0.25) is 0 Å². The van der Waals surface area contributed by atoms with Crippen LogP contribution in [0.1, 0.15) is 43.1 Å². The molecule has 5 heteroatoms. The molecule has 0 bridgehead atoms. The number of rotatable bonds is 4. The molecule has 0 radical (unpaired) electrons. The average Bonchev–Trinajstić information content (AvgIpc) is 2.85. The van der Waals surface area contributed by atoms with Crippen molar-refractivity contribution in [3.8, 4) is 0 Å². The first-order valence-corrected chi connectivity index (χ1v) is 8.14. The zero-order chi connectivity index (χ0) is 15.6. The lowest BCUT2D eigenvalue weighted by atomic mass is 9.93. The van der Waals surface area contributed by atoms with E-state index in [9.17, 15) is 4.39 Å². The van der Waals surface area contributed by atoms with Crippen LogP contribution in [0.15, 0.2) is 23.6 Å². The number of nitrogens with one attached hydrogen (secondary N) is 1. The summed E-state index contributed by atoms with van der Waals surface area (Å²) in [6, 6.07) is 4.59. The summed E-state index contributed by atoms with van der Waals surface area (Å²) in [5.41, 5.74) is 1.60. The molecule has 2 aromatic rings. The van der Waals surface area contributed by atoms with Gasteiger partial charge in [-0.3, -0.25) is 0 Å². The van der Waals surface area contributed by atoms with Crippen LogP contribution in [0.25, 0.3) is 0 Å². The molecule has 1 atom stereocenters. The van der Waals surface area contributed by atoms with Gasteiger partial charge < -0.3 is 5.32 Å². The molecule has 114 valence electrons. The van der Waals surface area contributed by atoms with Crippen LogP contribution in [0.3, 0.4) is 0 Å². The van der Waals surface area contributed by atoms with Gasteiger partial charge in [-0.2, -0.15) is 0 Å². The van der Waals surface area contributed by atoms with Crippen LogP contribution < -0.4 is 5.32 Å². The molecule has 2 rings (SSSR count). The monoisotopic (exact) mass is 326 g/mol. The van der Waals surface area contributed by atoms with Crippen LogP contribution in [0.4, 0.5) is 4.39 Å². The normalized spacial score (nSPS) is 13.4. The third-order valence-electron chi connectivity index (χ3n) is 3.40. The fraction of sp³-hybridized carbons (Fsp3) is 0.438. The van der Waals surface area contributed by atoms with Crippen molar-refractivity contribution in [3.63, 3.8) is 0 Å². The topological polar surface area (TPSA) is 24.9 Å². The van der Waals surface area contributed by atoms with Crippen molar-refractivity contribution < 1.29 is 4.39 Å². The highest BCUT2D eigenvalue weighted by molar-refractivity contribution is 7.09. The maximum Gasteiger partial charge on any atom is 0.129 e. The van der Waals surface area contributed by atoms with E-state index in [1.54, 1.807) is 23.5 Å². The van der Waals surface area contributed by atoms with Crippen LogP contribution in [-0.2, 0) is 11.8 Å². The molecule has 21 heavy (non-hydrogen) atoms. The number of thiazole rings is 1. The minimum absolute atomic E-state index is 0.0273. The molecule has 0 amide bonds. The van der Waals surface area contributed by atoms with Crippen LogP contribution >= 0.6 is 22.9 Å². The highest BCUT2D eigenvalue weighted by atomic mass is 35.5. The highest BCUT2D eigenvalue weighted by Crippen LogP contribution is 2.30. The number of hydrogen-bond donors (Lipinski definition) is 1. The van der Waals surface area contributed by atoms with E-state index in [-0.39, 0.29) is 17.3 Å². The van der Waals surface area contributed by atoms with Crippen molar-refractivity contribution in [2.45, 2.75) is 38.6 Å². The summed E-state index contributed by atoms with van der Waals surface area (Å²) in [6.45, 7) is 6.40. The van der Waals surface area contributed by atoms with Gasteiger partial charge in [-0.25, -0.2) is 9.37 Å². The first-order chi connectivity index (χ1) is 9.82. The molecule has 0 aliphatic heterocycles. The Balaban J connectivity index is 2.26. The Morgan fingerprint density at radius 2 is 2.10 bits per heavy atom. The third kappa shape index (κ3) is 3.82. The lowest BCUT2D eigenvalue weighted by Gasteiger charge is -2.18. The van der Waals surface area contributed by atoms with E-state index in [0.29, 0.717) is 17.0 Å². The molecular formula is C16H20ClFN2S. The van der Waals surface area contributed by atoms with E-state index in [0.717, 1.165) is 10.7 Å². The van der Waals surface area contributed by atoms with Crippen LogP contribution in [0, 0.1) is 5.82 Å². The smallest absolute Gasteiger partial charge is 0.129 e. The van der Waals surface area contributed by atoms with Gasteiger partial charge in [0.1, 0.15) is 5.82 Å². The van der Waals surface area contributed by atoms with Gasteiger partial charge in [-0.1, -0.05) is 38.4 Å². The standard InChI is InChI=1S/C16H20ClFN2S/c1-16(2,3)13-9-21-14(20-13)8-12(19-4)15-10(17)6-5-7-11(15)18/h5-7,9,12,19H,8H2,1-4H3. The van der Waals surface area contributed by atoms with Gasteiger partial charge >= 0.3 is 0 Å². The number of hydrogen-bond acceptors (Lipinski definition) is 3. The first-order valence-electron chi connectivity index (χ1n) is 6.89. The van der Waals surface area contributed by atoms with E-state index in [2.05, 4.69) is 36.5 Å². The summed E-state index contributed by atoms with van der Waals surface area (Å²) < 4.78 is 14.0. The largest absolute Gasteiger partial charge is 0.313 e. The van der Waals surface area contributed by atoms with Gasteiger partial charge in [0.15, 0.2) is 0 Å². The summed E-state index contributed by atoms with van der Waals surface area (Å²) in [6.07, 6.45) is 0.623. The third-order valence-corrected chi connectivity index (χ3v) is 4.60. The summed E-state index contributed by atoms with van der Waals surface area (Å²) in [7, 11) is 1.81. The molecule has 1 N–H and O–H groups in total. The Morgan fingerprint density at radius 3 is 2.62 bits per heavy atom. The second-order valence-electron chi connectivity index (χ2n) is 6.06. The predicted molar refractivity (Wildman–Crippen MR) is 87.7 cm³/mol. The molecule has 0 aliphatic rings. The number of aromatic nitrogens is 1. The Hall–Kier alpha value is -0.970. The van der Waals surface area contributed by atoms with Crippen molar-refractivity contribution in [1.82, 2.24) is 10.3 Å². The summed E-state index contributed by atoms with van der Waals surface area (Å²) in [4.78, 5) is 4.67. The molecule has 1 aromatic heterocycles. The Kier molecular flexibility index (Phi) is 5.02. The molecule has 1 unspecified atom stereocenters. The van der Waals surface area contributed by atoms with Crippen molar-refractivity contribution in [2.75, 3.05) is 7.05 Å². The zero-order valence-corrected chi connectivity index (χ0v) is 14.3. The molecule has 1 heterocycles. The van der Waals surface area contributed by atoms with Crippen molar-refractivity contribution in [2.24, 2.45) is 0 Å². The average molecular weight is 327 g/mol. The summed E-state index contributed by atoms with van der Waals surface area (Å²) in [5.74, 6) is -0.283. The quantitative estimate of drug-likeness (QED) is 0.878. The van der Waals surface area contributed by atoms with Gasteiger partial charge in [-0.05, 0) is 19.2 Å².